The van der Waals surface area contributed by atoms with Gasteiger partial charge in [-0.1, -0.05) is 31.4 Å². The summed E-state index contributed by atoms with van der Waals surface area (Å²) in [5.41, 5.74) is 5.48. The number of urea groups is 1. The first kappa shape index (κ1) is 21.0. The van der Waals surface area contributed by atoms with E-state index in [1.807, 2.05) is 4.90 Å². The van der Waals surface area contributed by atoms with E-state index >= 15 is 0 Å². The molecule has 1 saturated carbocycles. The zero-order chi connectivity index (χ0) is 20.6. The lowest BCUT2D eigenvalue weighted by Gasteiger charge is -2.34. The number of nitrogens with zero attached hydrogens (tertiary/aromatic N) is 1. The fourth-order valence-corrected chi connectivity index (χ4v) is 3.93. The second-order valence-corrected chi connectivity index (χ2v) is 7.77. The molecule has 4 amide bonds. The van der Waals surface area contributed by atoms with E-state index in [4.69, 9.17) is 10.5 Å². The maximum atomic E-state index is 12.7. The van der Waals surface area contributed by atoms with Gasteiger partial charge < -0.3 is 26.0 Å². The van der Waals surface area contributed by atoms with Crippen LogP contribution in [-0.2, 0) is 4.79 Å². The molecule has 158 valence electrons. The Hall–Kier alpha value is -2.77. The molecule has 29 heavy (non-hydrogen) atoms. The molecule has 4 N–H and O–H groups in total. The Morgan fingerprint density at radius 2 is 1.62 bits per heavy atom. The number of hydrogen-bond acceptors (Lipinski definition) is 4. The Kier molecular flexibility index (Phi) is 7.32. The van der Waals surface area contributed by atoms with Crippen molar-refractivity contribution in [3.05, 3.63) is 29.8 Å². The molecule has 0 bridgehead atoms. The molecule has 1 heterocycles. The minimum absolute atomic E-state index is 0.00636. The van der Waals surface area contributed by atoms with Crippen molar-refractivity contribution in [3.8, 4) is 5.75 Å². The third-order valence-corrected chi connectivity index (χ3v) is 5.55. The average Bonchev–Trinajstić information content (AvgIpc) is 2.73. The lowest BCUT2D eigenvalue weighted by molar-refractivity contribution is -0.119. The van der Waals surface area contributed by atoms with Crippen LogP contribution in [0.3, 0.4) is 0 Å². The number of carbonyl (C=O) groups excluding carboxylic acids is 3. The lowest BCUT2D eigenvalue weighted by atomic mass is 9.95. The molecular formula is C21H30N4O4. The maximum Gasteiger partial charge on any atom is 0.317 e. The Balaban J connectivity index is 1.47. The topological polar surface area (TPSA) is 114 Å². The van der Waals surface area contributed by atoms with Gasteiger partial charge in [-0.3, -0.25) is 9.59 Å². The minimum Gasteiger partial charge on any atom is -0.483 e. The third-order valence-electron chi connectivity index (χ3n) is 5.55. The second kappa shape index (κ2) is 10.1. The van der Waals surface area contributed by atoms with E-state index in [0.29, 0.717) is 43.3 Å². The Labute approximate surface area is 171 Å². The summed E-state index contributed by atoms with van der Waals surface area (Å²) >= 11 is 0. The van der Waals surface area contributed by atoms with Crippen molar-refractivity contribution in [2.45, 2.75) is 57.0 Å². The number of amides is 4. The Bertz CT molecular complexity index is 725. The number of rotatable bonds is 6. The van der Waals surface area contributed by atoms with Crippen molar-refractivity contribution in [2.24, 2.45) is 5.73 Å². The van der Waals surface area contributed by atoms with Crippen LogP contribution >= 0.6 is 0 Å². The molecule has 1 aromatic rings. The molecule has 3 rings (SSSR count). The molecule has 0 aromatic heterocycles. The van der Waals surface area contributed by atoms with Crippen LogP contribution in [0.15, 0.2) is 24.3 Å². The van der Waals surface area contributed by atoms with Crippen LogP contribution < -0.4 is 21.1 Å². The first-order valence-corrected chi connectivity index (χ1v) is 10.4. The van der Waals surface area contributed by atoms with Crippen molar-refractivity contribution in [3.63, 3.8) is 0 Å². The number of carbonyl (C=O) groups is 3. The van der Waals surface area contributed by atoms with Gasteiger partial charge in [0.25, 0.3) is 11.8 Å². The molecule has 0 spiro atoms. The highest BCUT2D eigenvalue weighted by Gasteiger charge is 2.26. The van der Waals surface area contributed by atoms with Crippen LogP contribution in [0.2, 0.25) is 0 Å². The van der Waals surface area contributed by atoms with Gasteiger partial charge >= 0.3 is 6.03 Å². The monoisotopic (exact) mass is 402 g/mol. The minimum atomic E-state index is -0.598. The van der Waals surface area contributed by atoms with Crippen LogP contribution in [0, 0.1) is 0 Å². The van der Waals surface area contributed by atoms with E-state index in [-0.39, 0.29) is 24.6 Å². The SMILES string of the molecule is NC(=O)COc1ccccc1C(=O)NC1CCN(C(=O)NC2CCCCC2)CC1. The number of benzene rings is 1. The van der Waals surface area contributed by atoms with Gasteiger partial charge in [0.1, 0.15) is 5.75 Å². The van der Waals surface area contributed by atoms with Crippen LogP contribution in [-0.4, -0.2) is 54.5 Å². The highest BCUT2D eigenvalue weighted by atomic mass is 16.5. The molecule has 1 aliphatic heterocycles. The number of nitrogens with two attached hydrogens (primary N) is 1. The molecule has 0 atom stereocenters. The average molecular weight is 402 g/mol. The predicted molar refractivity (Wildman–Crippen MR) is 109 cm³/mol. The number of nitrogens with one attached hydrogen (secondary N) is 2. The zero-order valence-electron chi connectivity index (χ0n) is 16.7. The molecule has 2 aliphatic rings. The van der Waals surface area contributed by atoms with Gasteiger partial charge in [-0.05, 0) is 37.8 Å². The standard InChI is InChI=1S/C21H30N4O4/c22-19(26)14-29-18-9-5-4-8-17(18)20(27)23-16-10-12-25(13-11-16)21(28)24-15-6-2-1-3-7-15/h4-5,8-9,15-16H,1-3,6-7,10-14H2,(H2,22,26)(H,23,27)(H,24,28). The molecule has 2 fully saturated rings. The fraction of sp³-hybridized carbons (Fsp3) is 0.571. The van der Waals surface area contributed by atoms with Gasteiger partial charge in [-0.25, -0.2) is 4.79 Å². The predicted octanol–water partition coefficient (Wildman–Crippen LogP) is 1.79. The number of piperidine rings is 1. The van der Waals surface area contributed by atoms with E-state index in [0.717, 1.165) is 12.8 Å². The van der Waals surface area contributed by atoms with E-state index in [9.17, 15) is 14.4 Å². The first-order chi connectivity index (χ1) is 14.0. The zero-order valence-corrected chi connectivity index (χ0v) is 16.7. The lowest BCUT2D eigenvalue weighted by Crippen LogP contribution is -2.51. The summed E-state index contributed by atoms with van der Waals surface area (Å²) in [7, 11) is 0. The van der Waals surface area contributed by atoms with Crippen molar-refractivity contribution in [1.29, 1.82) is 0 Å². The molecule has 1 aliphatic carbocycles. The number of primary amides is 1. The van der Waals surface area contributed by atoms with Crippen molar-refractivity contribution in [2.75, 3.05) is 19.7 Å². The first-order valence-electron chi connectivity index (χ1n) is 10.4. The Morgan fingerprint density at radius 3 is 2.31 bits per heavy atom. The maximum absolute atomic E-state index is 12.7. The largest absolute Gasteiger partial charge is 0.483 e. The smallest absolute Gasteiger partial charge is 0.317 e. The van der Waals surface area contributed by atoms with E-state index in [1.165, 1.54) is 19.3 Å². The highest BCUT2D eigenvalue weighted by molar-refractivity contribution is 5.97. The van der Waals surface area contributed by atoms with Gasteiger partial charge in [0.2, 0.25) is 0 Å². The van der Waals surface area contributed by atoms with Crippen molar-refractivity contribution in [1.82, 2.24) is 15.5 Å². The number of ether oxygens (including phenoxy) is 1. The summed E-state index contributed by atoms with van der Waals surface area (Å²) in [6.45, 7) is 0.950. The van der Waals surface area contributed by atoms with Crippen LogP contribution in [0.4, 0.5) is 4.79 Å². The van der Waals surface area contributed by atoms with Gasteiger partial charge in [0, 0.05) is 25.2 Å². The molecule has 1 saturated heterocycles. The number of para-hydroxylation sites is 1. The normalized spacial score (nSPS) is 18.1. The summed E-state index contributed by atoms with van der Waals surface area (Å²) in [6, 6.07) is 7.05. The van der Waals surface area contributed by atoms with Gasteiger partial charge in [-0.15, -0.1) is 0 Å². The molecule has 1 aromatic carbocycles. The summed E-state index contributed by atoms with van der Waals surface area (Å²) in [5, 5.41) is 6.16. The van der Waals surface area contributed by atoms with Crippen LogP contribution in [0.1, 0.15) is 55.3 Å². The van der Waals surface area contributed by atoms with Gasteiger partial charge in [-0.2, -0.15) is 0 Å². The number of likely N-dealkylation sites (tertiary alicyclic amines) is 1. The van der Waals surface area contributed by atoms with E-state index in [2.05, 4.69) is 10.6 Å². The molecule has 0 unspecified atom stereocenters. The van der Waals surface area contributed by atoms with Gasteiger partial charge in [0.15, 0.2) is 6.61 Å². The van der Waals surface area contributed by atoms with E-state index in [1.54, 1.807) is 24.3 Å². The Morgan fingerprint density at radius 1 is 0.966 bits per heavy atom. The molecule has 8 heteroatoms. The van der Waals surface area contributed by atoms with E-state index < -0.39 is 5.91 Å². The molecule has 0 radical (unpaired) electrons. The quantitative estimate of drug-likeness (QED) is 0.673. The molecule has 8 nitrogen and oxygen atoms in total. The third kappa shape index (κ3) is 6.10. The van der Waals surface area contributed by atoms with Crippen molar-refractivity contribution >= 4 is 17.8 Å². The summed E-state index contributed by atoms with van der Waals surface area (Å²) in [6.07, 6.45) is 7.16. The van der Waals surface area contributed by atoms with Crippen molar-refractivity contribution < 1.29 is 19.1 Å². The fourth-order valence-electron chi connectivity index (χ4n) is 3.93. The molecular weight excluding hydrogens is 372 g/mol. The number of hydrogen-bond donors (Lipinski definition) is 3. The van der Waals surface area contributed by atoms with Crippen LogP contribution in [0.25, 0.3) is 0 Å². The second-order valence-electron chi connectivity index (χ2n) is 7.77. The van der Waals surface area contributed by atoms with Gasteiger partial charge in [0.05, 0.1) is 5.56 Å². The highest BCUT2D eigenvalue weighted by Crippen LogP contribution is 2.20. The summed E-state index contributed by atoms with van der Waals surface area (Å²) in [5.74, 6) is -0.526. The summed E-state index contributed by atoms with van der Waals surface area (Å²) in [4.78, 5) is 37.9. The van der Waals surface area contributed by atoms with Crippen LogP contribution in [0.5, 0.6) is 5.75 Å². The summed E-state index contributed by atoms with van der Waals surface area (Å²) < 4.78 is 5.33.